The van der Waals surface area contributed by atoms with Gasteiger partial charge in [0.05, 0.1) is 19.6 Å². The SMILES string of the molecule is CCCCCCCC[N+](CCC)(CCC)c1ccccc1C.[OH-]. The number of para-hydroxylation sites is 1. The van der Waals surface area contributed by atoms with Crippen LogP contribution >= 0.6 is 0 Å². The van der Waals surface area contributed by atoms with E-state index in [-0.39, 0.29) is 5.48 Å². The molecule has 134 valence electrons. The molecule has 1 aromatic carbocycles. The van der Waals surface area contributed by atoms with Gasteiger partial charge >= 0.3 is 0 Å². The minimum atomic E-state index is 0. The van der Waals surface area contributed by atoms with Gasteiger partial charge in [0.15, 0.2) is 0 Å². The van der Waals surface area contributed by atoms with Crippen LogP contribution in [0.3, 0.4) is 0 Å². The normalized spacial score (nSPS) is 11.3. The zero-order chi connectivity index (χ0) is 16.3. The molecule has 0 aliphatic heterocycles. The maximum Gasteiger partial charge on any atom is 0.135 e. The van der Waals surface area contributed by atoms with Crippen LogP contribution in [0.2, 0.25) is 0 Å². The number of quaternary nitrogens is 1. The van der Waals surface area contributed by atoms with Crippen molar-refractivity contribution >= 4 is 5.69 Å². The van der Waals surface area contributed by atoms with Crippen LogP contribution in [-0.4, -0.2) is 25.1 Å². The maximum atomic E-state index is 2.37. The van der Waals surface area contributed by atoms with Crippen molar-refractivity contribution in [1.82, 2.24) is 4.48 Å². The lowest BCUT2D eigenvalue weighted by Crippen LogP contribution is -2.51. The Kier molecular flexibility index (Phi) is 12.1. The van der Waals surface area contributed by atoms with Gasteiger partial charge in [-0.15, -0.1) is 0 Å². The molecule has 1 rings (SSSR count). The summed E-state index contributed by atoms with van der Waals surface area (Å²) in [6.07, 6.45) is 10.9. The summed E-state index contributed by atoms with van der Waals surface area (Å²) in [4.78, 5) is 0. The molecule has 0 fully saturated rings. The minimum absolute atomic E-state index is 0. The van der Waals surface area contributed by atoms with Crippen LogP contribution < -0.4 is 4.48 Å². The number of benzene rings is 1. The van der Waals surface area contributed by atoms with Crippen molar-refractivity contribution in [1.29, 1.82) is 0 Å². The van der Waals surface area contributed by atoms with E-state index in [2.05, 4.69) is 52.0 Å². The zero-order valence-electron chi connectivity index (χ0n) is 16.0. The minimum Gasteiger partial charge on any atom is -0.870 e. The third kappa shape index (κ3) is 7.05. The molecule has 0 saturated heterocycles. The Balaban J connectivity index is 0.00000484. The molecule has 0 aliphatic carbocycles. The topological polar surface area (TPSA) is 30.0 Å². The van der Waals surface area contributed by atoms with E-state index >= 15 is 0 Å². The highest BCUT2D eigenvalue weighted by molar-refractivity contribution is 5.49. The molecule has 0 unspecified atom stereocenters. The van der Waals surface area contributed by atoms with E-state index in [9.17, 15) is 0 Å². The van der Waals surface area contributed by atoms with Crippen molar-refractivity contribution in [3.8, 4) is 0 Å². The fourth-order valence-electron chi connectivity index (χ4n) is 3.84. The molecule has 0 atom stereocenters. The summed E-state index contributed by atoms with van der Waals surface area (Å²) in [6.45, 7) is 13.1. The second-order valence-corrected chi connectivity index (χ2v) is 6.87. The number of aryl methyl sites for hydroxylation is 1. The average molecular weight is 322 g/mol. The molecule has 23 heavy (non-hydrogen) atoms. The lowest BCUT2D eigenvalue weighted by molar-refractivity contribution is 0.264. The monoisotopic (exact) mass is 321 g/mol. The Hall–Kier alpha value is -0.860. The van der Waals surface area contributed by atoms with Gasteiger partial charge in [-0.1, -0.05) is 64.7 Å². The van der Waals surface area contributed by atoms with Gasteiger partial charge in [-0.05, 0) is 38.7 Å². The molecule has 2 nitrogen and oxygen atoms in total. The first-order valence-corrected chi connectivity index (χ1v) is 9.62. The number of nitrogens with zero attached hydrogens (tertiary/aromatic N) is 1. The number of hydrogen-bond donors (Lipinski definition) is 0. The molecule has 1 N–H and O–H groups in total. The highest BCUT2D eigenvalue weighted by atomic mass is 16.0. The highest BCUT2D eigenvalue weighted by Gasteiger charge is 2.29. The lowest BCUT2D eigenvalue weighted by Gasteiger charge is -2.39. The molecule has 0 bridgehead atoms. The molecular weight excluding hydrogens is 282 g/mol. The summed E-state index contributed by atoms with van der Waals surface area (Å²) in [7, 11) is 0. The summed E-state index contributed by atoms with van der Waals surface area (Å²) in [5.74, 6) is 0. The second kappa shape index (κ2) is 12.5. The first kappa shape index (κ1) is 22.1. The molecular formula is C21H39NO. The van der Waals surface area contributed by atoms with Crippen LogP contribution in [0.1, 0.15) is 77.7 Å². The van der Waals surface area contributed by atoms with E-state index in [1.165, 1.54) is 81.0 Å². The van der Waals surface area contributed by atoms with Gasteiger partial charge in [0.1, 0.15) is 5.69 Å². The van der Waals surface area contributed by atoms with Crippen LogP contribution in [0.4, 0.5) is 5.69 Å². The van der Waals surface area contributed by atoms with Crippen molar-refractivity contribution in [2.24, 2.45) is 0 Å². The van der Waals surface area contributed by atoms with Crippen molar-refractivity contribution < 1.29 is 5.48 Å². The van der Waals surface area contributed by atoms with Gasteiger partial charge in [0.25, 0.3) is 0 Å². The van der Waals surface area contributed by atoms with Crippen LogP contribution in [0.15, 0.2) is 24.3 Å². The standard InChI is InChI=1S/C21H38N.H2O/c1-5-8-9-10-11-14-19-22(17-6-2,18-7-3)21-16-13-12-15-20(21)4;/h12-13,15-16H,5-11,14,17-19H2,1-4H3;1H2/q+1;/p-1. The first-order valence-electron chi connectivity index (χ1n) is 9.62. The van der Waals surface area contributed by atoms with Crippen molar-refractivity contribution in [3.05, 3.63) is 29.8 Å². The third-order valence-corrected chi connectivity index (χ3v) is 4.87. The van der Waals surface area contributed by atoms with E-state index in [0.29, 0.717) is 0 Å². The van der Waals surface area contributed by atoms with E-state index in [0.717, 1.165) is 0 Å². The average Bonchev–Trinajstić information content (AvgIpc) is 2.51. The van der Waals surface area contributed by atoms with Crippen LogP contribution in [0.25, 0.3) is 0 Å². The fourth-order valence-corrected chi connectivity index (χ4v) is 3.84. The smallest absolute Gasteiger partial charge is 0.135 e. The summed E-state index contributed by atoms with van der Waals surface area (Å²) < 4.78 is 1.20. The van der Waals surface area contributed by atoms with E-state index in [4.69, 9.17) is 0 Å². The predicted molar refractivity (Wildman–Crippen MR) is 103 cm³/mol. The molecule has 1 aromatic rings. The molecule has 0 saturated carbocycles. The molecule has 0 radical (unpaired) electrons. The van der Waals surface area contributed by atoms with Gasteiger partial charge in [0, 0.05) is 5.56 Å². The Morgan fingerprint density at radius 3 is 1.83 bits per heavy atom. The van der Waals surface area contributed by atoms with Gasteiger partial charge in [-0.2, -0.15) is 0 Å². The largest absolute Gasteiger partial charge is 0.870 e. The molecule has 0 heterocycles. The van der Waals surface area contributed by atoms with Gasteiger partial charge in [-0.3, -0.25) is 4.48 Å². The van der Waals surface area contributed by atoms with E-state index < -0.39 is 0 Å². The third-order valence-electron chi connectivity index (χ3n) is 4.87. The van der Waals surface area contributed by atoms with Crippen LogP contribution in [-0.2, 0) is 0 Å². The molecule has 0 aliphatic rings. The second-order valence-electron chi connectivity index (χ2n) is 6.87. The summed E-state index contributed by atoms with van der Waals surface area (Å²) in [6, 6.07) is 9.06. The predicted octanol–water partition coefficient (Wildman–Crippen LogP) is 6.31. The molecule has 0 aromatic heterocycles. The zero-order valence-corrected chi connectivity index (χ0v) is 16.0. The maximum absolute atomic E-state index is 2.37. The van der Waals surface area contributed by atoms with Crippen molar-refractivity contribution in [3.63, 3.8) is 0 Å². The number of hydrogen-bond acceptors (Lipinski definition) is 1. The highest BCUT2D eigenvalue weighted by Crippen LogP contribution is 2.29. The number of rotatable bonds is 12. The van der Waals surface area contributed by atoms with Crippen molar-refractivity contribution in [2.75, 3.05) is 19.6 Å². The molecule has 0 spiro atoms. The van der Waals surface area contributed by atoms with Crippen LogP contribution in [0.5, 0.6) is 0 Å². The Bertz CT molecular complexity index is 397. The lowest BCUT2D eigenvalue weighted by atomic mass is 10.1. The molecule has 0 amide bonds. The van der Waals surface area contributed by atoms with Crippen LogP contribution in [0, 0.1) is 6.92 Å². The summed E-state index contributed by atoms with van der Waals surface area (Å²) in [5.41, 5.74) is 3.04. The summed E-state index contributed by atoms with van der Waals surface area (Å²) >= 11 is 0. The first-order chi connectivity index (χ1) is 10.7. The van der Waals surface area contributed by atoms with Gasteiger partial charge in [0.2, 0.25) is 0 Å². The van der Waals surface area contributed by atoms with Crippen molar-refractivity contribution in [2.45, 2.75) is 79.1 Å². The Morgan fingerprint density at radius 2 is 1.26 bits per heavy atom. The molecule has 2 heteroatoms. The van der Waals surface area contributed by atoms with E-state index in [1.54, 1.807) is 5.69 Å². The van der Waals surface area contributed by atoms with Gasteiger partial charge < -0.3 is 5.48 Å². The Morgan fingerprint density at radius 1 is 0.696 bits per heavy atom. The fraction of sp³-hybridized carbons (Fsp3) is 0.714. The quantitative estimate of drug-likeness (QED) is 0.328. The van der Waals surface area contributed by atoms with Gasteiger partial charge in [-0.25, -0.2) is 0 Å². The number of unbranched alkanes of at least 4 members (excludes halogenated alkanes) is 5. The Labute approximate surface area is 144 Å². The summed E-state index contributed by atoms with van der Waals surface area (Å²) in [5, 5.41) is 0. The van der Waals surface area contributed by atoms with E-state index in [1.807, 2.05) is 0 Å².